The molecule has 7 nitrogen and oxygen atoms in total. The molecule has 0 saturated carbocycles. The summed E-state index contributed by atoms with van der Waals surface area (Å²) in [7, 11) is 4.10. The molecule has 1 aliphatic rings. The number of hydrogen-bond donors (Lipinski definition) is 2. The van der Waals surface area contributed by atoms with Gasteiger partial charge in [0.1, 0.15) is 17.8 Å². The van der Waals surface area contributed by atoms with Crippen molar-refractivity contribution >= 4 is 23.1 Å². The molecule has 1 amide bonds. The van der Waals surface area contributed by atoms with Gasteiger partial charge in [-0.05, 0) is 70.6 Å². The zero-order valence-corrected chi connectivity index (χ0v) is 16.8. The Bertz CT molecular complexity index is 756. The predicted molar refractivity (Wildman–Crippen MR) is 114 cm³/mol. The van der Waals surface area contributed by atoms with Gasteiger partial charge in [-0.1, -0.05) is 0 Å². The number of piperidine rings is 1. The number of benzene rings is 1. The molecule has 28 heavy (non-hydrogen) atoms. The highest BCUT2D eigenvalue weighted by Crippen LogP contribution is 2.22. The number of hydrogen-bond acceptors (Lipinski definition) is 6. The van der Waals surface area contributed by atoms with Crippen LogP contribution in [0.5, 0.6) is 0 Å². The van der Waals surface area contributed by atoms with Gasteiger partial charge in [-0.25, -0.2) is 9.97 Å². The lowest BCUT2D eigenvalue weighted by Gasteiger charge is -2.28. The molecule has 2 heterocycles. The summed E-state index contributed by atoms with van der Waals surface area (Å²) in [5.74, 6) is 0.434. The molecule has 2 N–H and O–H groups in total. The Labute approximate surface area is 167 Å². The molecule has 1 aromatic heterocycles. The Kier molecular flexibility index (Phi) is 7.19. The highest BCUT2D eigenvalue weighted by atomic mass is 16.1. The maximum Gasteiger partial charge on any atom is 0.274 e. The molecule has 0 aliphatic carbocycles. The molecule has 150 valence electrons. The van der Waals surface area contributed by atoms with Crippen LogP contribution in [0.3, 0.4) is 0 Å². The molecule has 0 spiro atoms. The third-order valence-corrected chi connectivity index (χ3v) is 4.83. The molecule has 0 radical (unpaired) electrons. The number of rotatable bonds is 8. The minimum absolute atomic E-state index is 0.232. The Balaban J connectivity index is 1.54. The third-order valence-electron chi connectivity index (χ3n) is 4.83. The van der Waals surface area contributed by atoms with Gasteiger partial charge in [0.15, 0.2) is 0 Å². The second kappa shape index (κ2) is 10.0. The van der Waals surface area contributed by atoms with E-state index in [1.54, 1.807) is 6.07 Å². The Morgan fingerprint density at radius 3 is 2.57 bits per heavy atom. The summed E-state index contributed by atoms with van der Waals surface area (Å²) in [4.78, 5) is 25.3. The van der Waals surface area contributed by atoms with E-state index in [1.807, 2.05) is 26.2 Å². The van der Waals surface area contributed by atoms with E-state index in [9.17, 15) is 4.79 Å². The van der Waals surface area contributed by atoms with Gasteiger partial charge >= 0.3 is 0 Å². The molecule has 3 rings (SSSR count). The van der Waals surface area contributed by atoms with Crippen LogP contribution in [0.2, 0.25) is 0 Å². The number of amides is 1. The van der Waals surface area contributed by atoms with Crippen molar-refractivity contribution < 1.29 is 4.79 Å². The maximum absolute atomic E-state index is 12.5. The van der Waals surface area contributed by atoms with Crippen LogP contribution in [0, 0.1) is 0 Å². The van der Waals surface area contributed by atoms with Crippen molar-refractivity contribution in [2.24, 2.45) is 0 Å². The third kappa shape index (κ3) is 5.92. The van der Waals surface area contributed by atoms with Crippen LogP contribution in [0.15, 0.2) is 36.7 Å². The van der Waals surface area contributed by atoms with Crippen LogP contribution in [-0.4, -0.2) is 61.0 Å². The summed E-state index contributed by atoms with van der Waals surface area (Å²) < 4.78 is 0. The van der Waals surface area contributed by atoms with E-state index < -0.39 is 0 Å². The predicted octanol–water partition coefficient (Wildman–Crippen LogP) is 3.08. The fourth-order valence-corrected chi connectivity index (χ4v) is 3.29. The summed E-state index contributed by atoms with van der Waals surface area (Å²) in [6.45, 7) is 4.01. The Morgan fingerprint density at radius 1 is 1.11 bits per heavy atom. The van der Waals surface area contributed by atoms with E-state index in [4.69, 9.17) is 0 Å². The standard InChI is InChI=1S/C21H30N6O/c1-26(2)12-6-11-22-20-15-19(23-16-24-20)21(28)25-17-7-9-18(10-8-17)27-13-4-3-5-14-27/h7-10,15-16H,3-6,11-14H2,1-2H3,(H,25,28)(H,22,23,24). The number of anilines is 3. The van der Waals surface area contributed by atoms with E-state index in [1.165, 1.54) is 31.3 Å². The highest BCUT2D eigenvalue weighted by Gasteiger charge is 2.12. The molecular weight excluding hydrogens is 352 g/mol. The smallest absolute Gasteiger partial charge is 0.274 e. The largest absolute Gasteiger partial charge is 0.372 e. The zero-order chi connectivity index (χ0) is 19.8. The average molecular weight is 383 g/mol. The second-order valence-corrected chi connectivity index (χ2v) is 7.42. The minimum Gasteiger partial charge on any atom is -0.372 e. The Morgan fingerprint density at radius 2 is 1.86 bits per heavy atom. The quantitative estimate of drug-likeness (QED) is 0.684. The molecule has 7 heteroatoms. The van der Waals surface area contributed by atoms with Crippen LogP contribution in [0.1, 0.15) is 36.2 Å². The maximum atomic E-state index is 12.5. The average Bonchev–Trinajstić information content (AvgIpc) is 2.72. The van der Waals surface area contributed by atoms with Gasteiger partial charge < -0.3 is 20.4 Å². The van der Waals surface area contributed by atoms with Crippen LogP contribution in [0.4, 0.5) is 17.2 Å². The SMILES string of the molecule is CN(C)CCCNc1cc(C(=O)Nc2ccc(N3CCCCC3)cc2)ncn1. The first-order valence-electron chi connectivity index (χ1n) is 9.99. The molecule has 1 saturated heterocycles. The topological polar surface area (TPSA) is 73.4 Å². The molecule has 1 aliphatic heterocycles. The lowest BCUT2D eigenvalue weighted by Crippen LogP contribution is -2.29. The lowest BCUT2D eigenvalue weighted by atomic mass is 10.1. The minimum atomic E-state index is -0.232. The van der Waals surface area contributed by atoms with Gasteiger partial charge in [-0.3, -0.25) is 4.79 Å². The fourth-order valence-electron chi connectivity index (χ4n) is 3.29. The molecular formula is C21H30N6O. The summed E-state index contributed by atoms with van der Waals surface area (Å²) in [5.41, 5.74) is 2.33. The number of carbonyl (C=O) groups excluding carboxylic acids is 1. The highest BCUT2D eigenvalue weighted by molar-refractivity contribution is 6.03. The first-order valence-corrected chi connectivity index (χ1v) is 9.99. The molecule has 1 fully saturated rings. The number of aromatic nitrogens is 2. The van der Waals surface area contributed by atoms with Gasteiger partial charge in [-0.2, -0.15) is 0 Å². The first kappa shape index (κ1) is 20.1. The van der Waals surface area contributed by atoms with Crippen LogP contribution >= 0.6 is 0 Å². The summed E-state index contributed by atoms with van der Waals surface area (Å²) in [6, 6.07) is 9.72. The van der Waals surface area contributed by atoms with Crippen LogP contribution in [-0.2, 0) is 0 Å². The van der Waals surface area contributed by atoms with E-state index in [0.717, 1.165) is 38.3 Å². The van der Waals surface area contributed by atoms with E-state index in [2.05, 4.69) is 42.5 Å². The van der Waals surface area contributed by atoms with Gasteiger partial charge in [0.2, 0.25) is 0 Å². The molecule has 2 aromatic rings. The normalized spacial score (nSPS) is 14.2. The second-order valence-electron chi connectivity index (χ2n) is 7.42. The summed E-state index contributed by atoms with van der Waals surface area (Å²) >= 11 is 0. The van der Waals surface area contributed by atoms with Gasteiger partial charge in [0, 0.05) is 37.1 Å². The van der Waals surface area contributed by atoms with Crippen molar-refractivity contribution in [3.05, 3.63) is 42.4 Å². The van der Waals surface area contributed by atoms with Crippen LogP contribution < -0.4 is 15.5 Å². The Hall–Kier alpha value is -2.67. The first-order chi connectivity index (χ1) is 13.6. The number of nitrogens with one attached hydrogen (secondary N) is 2. The van der Waals surface area contributed by atoms with Gasteiger partial charge in [0.05, 0.1) is 0 Å². The fraction of sp³-hybridized carbons (Fsp3) is 0.476. The van der Waals surface area contributed by atoms with Crippen molar-refractivity contribution in [3.63, 3.8) is 0 Å². The monoisotopic (exact) mass is 382 g/mol. The lowest BCUT2D eigenvalue weighted by molar-refractivity contribution is 0.102. The molecule has 0 atom stereocenters. The van der Waals surface area contributed by atoms with E-state index in [-0.39, 0.29) is 5.91 Å². The van der Waals surface area contributed by atoms with Gasteiger partial charge in [0.25, 0.3) is 5.91 Å². The molecule has 0 bridgehead atoms. The molecule has 0 unspecified atom stereocenters. The van der Waals surface area contributed by atoms with Crippen molar-refractivity contribution in [1.82, 2.24) is 14.9 Å². The summed E-state index contributed by atoms with van der Waals surface area (Å²) in [5, 5.41) is 6.16. The van der Waals surface area contributed by atoms with E-state index in [0.29, 0.717) is 11.5 Å². The number of nitrogens with zero attached hydrogens (tertiary/aromatic N) is 4. The van der Waals surface area contributed by atoms with E-state index >= 15 is 0 Å². The van der Waals surface area contributed by atoms with Gasteiger partial charge in [-0.15, -0.1) is 0 Å². The molecule has 1 aromatic carbocycles. The summed E-state index contributed by atoms with van der Waals surface area (Å²) in [6.07, 6.45) is 6.23. The number of carbonyl (C=O) groups is 1. The van der Waals surface area contributed by atoms with Crippen molar-refractivity contribution in [2.75, 3.05) is 55.8 Å². The zero-order valence-electron chi connectivity index (χ0n) is 16.8. The van der Waals surface area contributed by atoms with Crippen molar-refractivity contribution in [3.8, 4) is 0 Å². The van der Waals surface area contributed by atoms with Crippen molar-refractivity contribution in [1.29, 1.82) is 0 Å². The van der Waals surface area contributed by atoms with Crippen molar-refractivity contribution in [2.45, 2.75) is 25.7 Å². The van der Waals surface area contributed by atoms with Crippen LogP contribution in [0.25, 0.3) is 0 Å².